The van der Waals surface area contributed by atoms with Crippen LogP contribution in [0.4, 0.5) is 0 Å². The third-order valence-electron chi connectivity index (χ3n) is 7.42. The maximum Gasteiger partial charge on any atom is 0.526 e. The normalized spacial score (nSPS) is 25.9. The van der Waals surface area contributed by atoms with E-state index in [0.29, 0.717) is 42.5 Å². The SMILES string of the molecule is CC(=O)c1cccc2c1OB(O)[C@@H](CC(=O)CC1CCC(NCCN3CCOCC3)CC1)C2. The number of Topliss-reactive ketones (excluding diaryl/α,β-unsaturated/α-hetero) is 2. The number of ether oxygens (including phenoxy) is 1. The number of benzene rings is 1. The predicted molar refractivity (Wildman–Crippen MR) is 128 cm³/mol. The van der Waals surface area contributed by atoms with Crippen molar-refractivity contribution in [3.05, 3.63) is 29.3 Å². The molecule has 0 bridgehead atoms. The molecule has 1 aromatic carbocycles. The summed E-state index contributed by atoms with van der Waals surface area (Å²) in [5, 5.41) is 14.2. The molecule has 7 nitrogen and oxygen atoms in total. The number of ketones is 2. The molecule has 0 unspecified atom stereocenters. The molecule has 2 fully saturated rings. The zero-order chi connectivity index (χ0) is 23.2. The summed E-state index contributed by atoms with van der Waals surface area (Å²) in [7, 11) is -1.05. The molecule has 2 N–H and O–H groups in total. The Morgan fingerprint density at radius 3 is 2.64 bits per heavy atom. The van der Waals surface area contributed by atoms with Gasteiger partial charge in [-0.05, 0) is 56.6 Å². The summed E-state index contributed by atoms with van der Waals surface area (Å²) in [5.41, 5.74) is 1.39. The van der Waals surface area contributed by atoms with Gasteiger partial charge in [-0.25, -0.2) is 0 Å². The van der Waals surface area contributed by atoms with Gasteiger partial charge in [0.25, 0.3) is 0 Å². The Hall–Kier alpha value is -1.74. The highest BCUT2D eigenvalue weighted by Gasteiger charge is 2.37. The van der Waals surface area contributed by atoms with E-state index in [1.54, 1.807) is 6.07 Å². The molecule has 4 rings (SSSR count). The number of carbonyl (C=O) groups is 2. The molecule has 0 radical (unpaired) electrons. The van der Waals surface area contributed by atoms with Crippen molar-refractivity contribution in [1.29, 1.82) is 0 Å². The predicted octanol–water partition coefficient (Wildman–Crippen LogP) is 2.50. The van der Waals surface area contributed by atoms with Crippen LogP contribution in [-0.4, -0.2) is 74.0 Å². The van der Waals surface area contributed by atoms with E-state index in [4.69, 9.17) is 9.39 Å². The van der Waals surface area contributed by atoms with Crippen molar-refractivity contribution in [3.8, 4) is 5.75 Å². The van der Waals surface area contributed by atoms with Gasteiger partial charge in [0.05, 0.1) is 18.8 Å². The van der Waals surface area contributed by atoms with Crippen molar-refractivity contribution in [2.45, 2.75) is 63.7 Å². The first-order valence-electron chi connectivity index (χ1n) is 12.5. The fourth-order valence-electron chi connectivity index (χ4n) is 5.46. The van der Waals surface area contributed by atoms with Crippen LogP contribution in [0.2, 0.25) is 5.82 Å². The average molecular weight is 456 g/mol. The quantitative estimate of drug-likeness (QED) is 0.436. The van der Waals surface area contributed by atoms with Gasteiger partial charge in [0.1, 0.15) is 11.5 Å². The zero-order valence-corrected chi connectivity index (χ0v) is 19.8. The molecule has 1 saturated heterocycles. The Balaban J connectivity index is 1.18. The van der Waals surface area contributed by atoms with Crippen LogP contribution in [0, 0.1) is 5.92 Å². The molecule has 3 aliphatic rings. The van der Waals surface area contributed by atoms with Crippen LogP contribution < -0.4 is 9.97 Å². The zero-order valence-electron chi connectivity index (χ0n) is 19.8. The second-order valence-electron chi connectivity index (χ2n) is 9.90. The number of morpholine rings is 1. The van der Waals surface area contributed by atoms with E-state index < -0.39 is 7.12 Å². The summed E-state index contributed by atoms with van der Waals surface area (Å²) in [6.07, 6.45) is 5.87. The van der Waals surface area contributed by atoms with Crippen molar-refractivity contribution < 1.29 is 24.0 Å². The molecular weight excluding hydrogens is 419 g/mol. The van der Waals surface area contributed by atoms with Crippen molar-refractivity contribution >= 4 is 18.7 Å². The van der Waals surface area contributed by atoms with E-state index in [9.17, 15) is 14.6 Å². The number of fused-ring (bicyclic) bond motifs is 1. The Labute approximate surface area is 197 Å². The summed E-state index contributed by atoms with van der Waals surface area (Å²) >= 11 is 0. The number of nitrogens with zero attached hydrogens (tertiary/aromatic N) is 1. The van der Waals surface area contributed by atoms with E-state index in [1.165, 1.54) is 6.92 Å². The van der Waals surface area contributed by atoms with Gasteiger partial charge in [-0.3, -0.25) is 14.5 Å². The lowest BCUT2D eigenvalue weighted by Gasteiger charge is -2.31. The third kappa shape index (κ3) is 6.66. The van der Waals surface area contributed by atoms with E-state index in [0.717, 1.165) is 70.6 Å². The molecule has 1 atom stereocenters. The van der Waals surface area contributed by atoms with Crippen LogP contribution in [0.1, 0.15) is 61.4 Å². The highest BCUT2D eigenvalue weighted by atomic mass is 16.5. The molecular formula is C25H37BN2O5. The molecule has 0 amide bonds. The molecule has 1 aromatic rings. The highest BCUT2D eigenvalue weighted by molar-refractivity contribution is 6.47. The molecule has 2 aliphatic heterocycles. The lowest BCUT2D eigenvalue weighted by Crippen LogP contribution is -2.43. The average Bonchev–Trinajstić information content (AvgIpc) is 2.81. The van der Waals surface area contributed by atoms with Crippen molar-refractivity contribution in [1.82, 2.24) is 10.2 Å². The van der Waals surface area contributed by atoms with Crippen LogP contribution in [-0.2, 0) is 16.0 Å². The first-order chi connectivity index (χ1) is 16.0. The number of hydrogen-bond donors (Lipinski definition) is 2. The largest absolute Gasteiger partial charge is 0.535 e. The van der Waals surface area contributed by atoms with Crippen LogP contribution in [0.15, 0.2) is 18.2 Å². The van der Waals surface area contributed by atoms with Crippen molar-refractivity contribution in [2.24, 2.45) is 5.92 Å². The second kappa shape index (κ2) is 11.6. The molecule has 0 aromatic heterocycles. The second-order valence-corrected chi connectivity index (χ2v) is 9.90. The maximum atomic E-state index is 12.8. The lowest BCUT2D eigenvalue weighted by molar-refractivity contribution is -0.120. The molecule has 8 heteroatoms. The van der Waals surface area contributed by atoms with Crippen molar-refractivity contribution in [2.75, 3.05) is 39.4 Å². The summed E-state index contributed by atoms with van der Waals surface area (Å²) in [6.45, 7) is 7.33. The molecule has 180 valence electrons. The van der Waals surface area contributed by atoms with Crippen LogP contribution in [0.25, 0.3) is 0 Å². The summed E-state index contributed by atoms with van der Waals surface area (Å²) in [5.74, 6) is 0.774. The fourth-order valence-corrected chi connectivity index (χ4v) is 5.46. The summed E-state index contributed by atoms with van der Waals surface area (Å²) in [4.78, 5) is 27.1. The monoisotopic (exact) mass is 456 g/mol. The topological polar surface area (TPSA) is 88.1 Å². The minimum Gasteiger partial charge on any atom is -0.535 e. The molecule has 0 spiro atoms. The smallest absolute Gasteiger partial charge is 0.526 e. The van der Waals surface area contributed by atoms with Gasteiger partial charge in [0, 0.05) is 50.9 Å². The minimum atomic E-state index is -1.05. The Morgan fingerprint density at radius 2 is 1.91 bits per heavy atom. The molecule has 33 heavy (non-hydrogen) atoms. The van der Waals surface area contributed by atoms with Gasteiger partial charge >= 0.3 is 7.12 Å². The van der Waals surface area contributed by atoms with E-state index in [1.807, 2.05) is 12.1 Å². The molecule has 2 heterocycles. The first kappa shape index (κ1) is 24.4. The number of rotatable bonds is 9. The lowest BCUT2D eigenvalue weighted by atomic mass is 9.64. The maximum absolute atomic E-state index is 12.8. The molecule has 1 aliphatic carbocycles. The standard InChI is InChI=1S/C25H37BN2O5/c1-18(29)24-4-2-3-20-16-21(26(31)33-25(20)24)17-23(30)15-19-5-7-22(8-6-19)27-9-10-28-11-13-32-14-12-28/h2-4,19,21-22,27,31H,5-17H2,1H3/t19?,21-,22?/m1/s1. The number of para-hydroxylation sites is 1. The van der Waals surface area contributed by atoms with E-state index >= 15 is 0 Å². The fraction of sp³-hybridized carbons (Fsp3) is 0.680. The van der Waals surface area contributed by atoms with Gasteiger partial charge in [0.15, 0.2) is 5.78 Å². The van der Waals surface area contributed by atoms with Crippen molar-refractivity contribution in [3.63, 3.8) is 0 Å². The highest BCUT2D eigenvalue weighted by Crippen LogP contribution is 2.37. The van der Waals surface area contributed by atoms with Gasteiger partial charge in [-0.15, -0.1) is 0 Å². The third-order valence-corrected chi connectivity index (χ3v) is 7.42. The number of nitrogens with one attached hydrogen (secondary N) is 1. The Bertz CT molecular complexity index is 821. The van der Waals surface area contributed by atoms with Gasteiger partial charge < -0.3 is 19.7 Å². The van der Waals surface area contributed by atoms with Crippen LogP contribution in [0.5, 0.6) is 5.75 Å². The van der Waals surface area contributed by atoms with Gasteiger partial charge in [-0.2, -0.15) is 0 Å². The van der Waals surface area contributed by atoms with Gasteiger partial charge in [0.2, 0.25) is 0 Å². The van der Waals surface area contributed by atoms with E-state index in [2.05, 4.69) is 10.2 Å². The number of carbonyl (C=O) groups excluding carboxylic acids is 2. The molecule has 1 saturated carbocycles. The minimum absolute atomic E-state index is 0.0836. The van der Waals surface area contributed by atoms with Crippen LogP contribution in [0.3, 0.4) is 0 Å². The summed E-state index contributed by atoms with van der Waals surface area (Å²) < 4.78 is 11.1. The summed E-state index contributed by atoms with van der Waals surface area (Å²) in [6, 6.07) is 6.02. The van der Waals surface area contributed by atoms with Gasteiger partial charge in [-0.1, -0.05) is 12.1 Å². The number of hydrogen-bond acceptors (Lipinski definition) is 7. The van der Waals surface area contributed by atoms with E-state index in [-0.39, 0.29) is 17.4 Å². The van der Waals surface area contributed by atoms with Crippen LogP contribution >= 0.6 is 0 Å². The first-order valence-corrected chi connectivity index (χ1v) is 12.5. The Kier molecular flexibility index (Phi) is 8.58. The Morgan fingerprint density at radius 1 is 1.15 bits per heavy atom.